The fourth-order valence-electron chi connectivity index (χ4n) is 4.99. The summed E-state index contributed by atoms with van der Waals surface area (Å²) in [4.78, 5) is 13.6. The molecule has 0 saturated carbocycles. The largest absolute Gasteiger partial charge is 0.598 e. The monoisotopic (exact) mass is 682 g/mol. The van der Waals surface area contributed by atoms with Gasteiger partial charge in [-0.25, -0.2) is 17.5 Å². The van der Waals surface area contributed by atoms with Gasteiger partial charge in [0.25, 0.3) is 5.91 Å². The molecular formula is C34H43FN6O4S2. The lowest BCUT2D eigenvalue weighted by Crippen LogP contribution is -2.51. The lowest BCUT2D eigenvalue weighted by molar-refractivity contribution is 0.0940. The first-order chi connectivity index (χ1) is 22.0. The van der Waals surface area contributed by atoms with Gasteiger partial charge in [0, 0.05) is 29.9 Å². The number of sulfonamides is 1. The number of carbonyl (C=O) groups excluding carboxylic acids is 1. The van der Waals surface area contributed by atoms with E-state index in [9.17, 15) is 22.2 Å². The Morgan fingerprint density at radius 2 is 1.72 bits per heavy atom. The Hall–Kier alpha value is -3.78. The standard InChI is InChI=1S/C34H43FN6O4S2/c1-8-18-41(47(7,44)45)30-20-27(32(42)36-24(2)26-14-16-28(35)17-15-26)19-29(21-30)40-23-31(37-39-40)34(6,38-46(43)33(3,4)5)22-25-12-10-9-11-13-25/h9-17,19-21,23-24,38H,8,18,22H2,1-7H3,(H,36,42)/t24-,34?,46?/m1/s1. The molecular weight excluding hydrogens is 640 g/mol. The number of aromatic nitrogens is 3. The molecule has 0 fully saturated rings. The third kappa shape index (κ3) is 9.19. The van der Waals surface area contributed by atoms with E-state index < -0.39 is 43.6 Å². The molecule has 13 heteroatoms. The van der Waals surface area contributed by atoms with Gasteiger partial charge in [0.15, 0.2) is 0 Å². The zero-order chi connectivity index (χ0) is 34.6. The topological polar surface area (TPSA) is 132 Å². The van der Waals surface area contributed by atoms with Gasteiger partial charge in [-0.2, -0.15) is 0 Å². The van der Waals surface area contributed by atoms with Gasteiger partial charge in [-0.1, -0.05) is 54.6 Å². The van der Waals surface area contributed by atoms with E-state index in [-0.39, 0.29) is 17.9 Å². The third-order valence-electron chi connectivity index (χ3n) is 7.60. The molecule has 0 aliphatic carbocycles. The van der Waals surface area contributed by atoms with E-state index in [1.54, 1.807) is 37.4 Å². The Kier molecular flexibility index (Phi) is 11.2. The van der Waals surface area contributed by atoms with Gasteiger partial charge in [0.2, 0.25) is 10.0 Å². The predicted molar refractivity (Wildman–Crippen MR) is 185 cm³/mol. The molecule has 2 N–H and O–H groups in total. The van der Waals surface area contributed by atoms with E-state index in [2.05, 4.69) is 20.4 Å². The van der Waals surface area contributed by atoms with Crippen molar-refractivity contribution in [3.8, 4) is 5.69 Å². The summed E-state index contributed by atoms with van der Waals surface area (Å²) in [5.74, 6) is -0.834. The normalized spacial score (nSPS) is 14.7. The number of anilines is 1. The van der Waals surface area contributed by atoms with Gasteiger partial charge in [-0.15, -0.1) is 9.82 Å². The van der Waals surface area contributed by atoms with Crippen molar-refractivity contribution < 1.29 is 22.2 Å². The first-order valence-electron chi connectivity index (χ1n) is 15.4. The molecule has 47 heavy (non-hydrogen) atoms. The molecule has 252 valence electrons. The SMILES string of the molecule is CCCN(c1cc(C(=O)N[C@H](C)c2ccc(F)cc2)cc(-n2cc(C(C)(Cc3ccccc3)N[S+]([O-])C(C)(C)C)nn2)c1)S(C)(=O)=O. The maximum Gasteiger partial charge on any atom is 0.251 e. The van der Waals surface area contributed by atoms with Crippen molar-refractivity contribution in [2.45, 2.75) is 70.7 Å². The number of nitrogens with zero attached hydrogens (tertiary/aromatic N) is 4. The predicted octanol–water partition coefficient (Wildman–Crippen LogP) is 5.58. The second-order valence-electron chi connectivity index (χ2n) is 12.8. The summed E-state index contributed by atoms with van der Waals surface area (Å²) in [5.41, 5.74) is 2.22. The van der Waals surface area contributed by atoms with Gasteiger partial charge in [0.05, 0.1) is 29.9 Å². The highest BCUT2D eigenvalue weighted by molar-refractivity contribution is 7.92. The van der Waals surface area contributed by atoms with Crippen LogP contribution in [0.3, 0.4) is 0 Å². The molecule has 1 aromatic heterocycles. The second-order valence-corrected chi connectivity index (χ2v) is 16.7. The molecule has 0 aliphatic rings. The molecule has 4 aromatic rings. The van der Waals surface area contributed by atoms with E-state index >= 15 is 0 Å². The van der Waals surface area contributed by atoms with Crippen LogP contribution in [-0.4, -0.2) is 51.4 Å². The van der Waals surface area contributed by atoms with Crippen LogP contribution in [0.25, 0.3) is 5.69 Å². The maximum atomic E-state index is 13.6. The fraction of sp³-hybridized carbons (Fsp3) is 0.382. The Morgan fingerprint density at radius 3 is 2.32 bits per heavy atom. The minimum absolute atomic E-state index is 0.201. The van der Waals surface area contributed by atoms with Gasteiger partial charge >= 0.3 is 0 Å². The number of rotatable bonds is 13. The number of halogens is 1. The van der Waals surface area contributed by atoms with Crippen LogP contribution in [0.5, 0.6) is 0 Å². The van der Waals surface area contributed by atoms with E-state index in [1.165, 1.54) is 27.2 Å². The fourth-order valence-corrected chi connectivity index (χ4v) is 6.89. The summed E-state index contributed by atoms with van der Waals surface area (Å²) in [5, 5.41) is 11.8. The maximum absolute atomic E-state index is 13.6. The smallest absolute Gasteiger partial charge is 0.251 e. The van der Waals surface area contributed by atoms with Crippen molar-refractivity contribution in [1.82, 2.24) is 25.0 Å². The van der Waals surface area contributed by atoms with Crippen molar-refractivity contribution in [2.75, 3.05) is 17.1 Å². The number of amides is 1. The Labute approximate surface area is 280 Å². The number of benzene rings is 3. The van der Waals surface area contributed by atoms with Crippen molar-refractivity contribution in [3.63, 3.8) is 0 Å². The van der Waals surface area contributed by atoms with Crippen molar-refractivity contribution in [1.29, 1.82) is 0 Å². The van der Waals surface area contributed by atoms with E-state index in [0.717, 1.165) is 11.8 Å². The third-order valence-corrected chi connectivity index (χ3v) is 10.5. The van der Waals surface area contributed by atoms with Gasteiger partial charge in [-0.3, -0.25) is 9.10 Å². The lowest BCUT2D eigenvalue weighted by atomic mass is 9.91. The minimum atomic E-state index is -3.69. The quantitative estimate of drug-likeness (QED) is 0.176. The van der Waals surface area contributed by atoms with E-state index in [4.69, 9.17) is 0 Å². The number of hydrogen-bond acceptors (Lipinski definition) is 7. The molecule has 4 rings (SSSR count). The van der Waals surface area contributed by atoms with E-state index in [0.29, 0.717) is 35.5 Å². The average molecular weight is 683 g/mol. The number of hydrogen-bond donors (Lipinski definition) is 2. The summed E-state index contributed by atoms with van der Waals surface area (Å²) in [6.45, 7) is 11.4. The zero-order valence-corrected chi connectivity index (χ0v) is 29.5. The summed E-state index contributed by atoms with van der Waals surface area (Å²) in [6, 6.07) is 19.9. The first-order valence-corrected chi connectivity index (χ1v) is 18.4. The summed E-state index contributed by atoms with van der Waals surface area (Å²) < 4.78 is 58.0. The summed E-state index contributed by atoms with van der Waals surface area (Å²) in [7, 11) is -3.69. The number of nitrogens with one attached hydrogen (secondary N) is 2. The van der Waals surface area contributed by atoms with Crippen LogP contribution in [0.15, 0.2) is 79.0 Å². The van der Waals surface area contributed by atoms with Crippen LogP contribution in [0.2, 0.25) is 0 Å². The van der Waals surface area contributed by atoms with Crippen LogP contribution in [0.1, 0.15) is 81.2 Å². The Bertz CT molecular complexity index is 1780. The van der Waals surface area contributed by atoms with Crippen LogP contribution in [0, 0.1) is 5.82 Å². The summed E-state index contributed by atoms with van der Waals surface area (Å²) >= 11 is -1.45. The van der Waals surface area contributed by atoms with Crippen LogP contribution in [0.4, 0.5) is 10.1 Å². The zero-order valence-electron chi connectivity index (χ0n) is 27.8. The molecule has 0 spiro atoms. The molecule has 3 aromatic carbocycles. The minimum Gasteiger partial charge on any atom is -0.598 e. The molecule has 3 atom stereocenters. The van der Waals surface area contributed by atoms with Crippen molar-refractivity contribution >= 4 is 33.0 Å². The van der Waals surface area contributed by atoms with Gasteiger partial charge in [0.1, 0.15) is 21.8 Å². The number of carbonyl (C=O) groups is 1. The Balaban J connectivity index is 1.78. The van der Waals surface area contributed by atoms with Crippen molar-refractivity contribution in [3.05, 3.63) is 107 Å². The summed E-state index contributed by atoms with van der Waals surface area (Å²) in [6.07, 6.45) is 3.82. The van der Waals surface area contributed by atoms with E-state index in [1.807, 2.05) is 65.0 Å². The highest BCUT2D eigenvalue weighted by atomic mass is 32.2. The lowest BCUT2D eigenvalue weighted by Gasteiger charge is -2.33. The van der Waals surface area contributed by atoms with Crippen LogP contribution >= 0.6 is 0 Å². The van der Waals surface area contributed by atoms with Crippen LogP contribution in [-0.2, 0) is 33.3 Å². The molecule has 2 unspecified atom stereocenters. The molecule has 0 aliphatic heterocycles. The molecule has 0 bridgehead atoms. The van der Waals surface area contributed by atoms with Crippen molar-refractivity contribution in [2.24, 2.45) is 0 Å². The van der Waals surface area contributed by atoms with Gasteiger partial charge < -0.3 is 9.87 Å². The molecule has 1 amide bonds. The van der Waals surface area contributed by atoms with Crippen LogP contribution < -0.4 is 14.3 Å². The highest BCUT2D eigenvalue weighted by Gasteiger charge is 2.39. The molecule has 1 heterocycles. The molecule has 0 radical (unpaired) electrons. The Morgan fingerprint density at radius 1 is 1.06 bits per heavy atom. The molecule has 0 saturated heterocycles. The second kappa shape index (κ2) is 14.5. The average Bonchev–Trinajstić information content (AvgIpc) is 3.51. The highest BCUT2D eigenvalue weighted by Crippen LogP contribution is 2.30. The van der Waals surface area contributed by atoms with Gasteiger partial charge in [-0.05, 0) is 82.5 Å². The molecule has 10 nitrogen and oxygen atoms in total. The first kappa shape index (κ1) is 36.1.